The number of nitrogens with one attached hydrogen (secondary N) is 1. The summed E-state index contributed by atoms with van der Waals surface area (Å²) in [5, 5.41) is 3.15. The first-order valence-electron chi connectivity index (χ1n) is 9.93. The van der Waals surface area contributed by atoms with E-state index < -0.39 is 10.0 Å². The molecule has 3 rings (SSSR count). The fraction of sp³-hybridized carbons (Fsp3) is 0.429. The number of hydrogen-bond donors (Lipinski definition) is 1. The van der Waals surface area contributed by atoms with Crippen molar-refractivity contribution in [2.24, 2.45) is 0 Å². The van der Waals surface area contributed by atoms with Crippen molar-refractivity contribution < 1.29 is 17.9 Å². The van der Waals surface area contributed by atoms with Crippen LogP contribution in [0.25, 0.3) is 0 Å². The molecule has 2 aromatic rings. The Hall–Kier alpha value is -2.10. The molecule has 30 heavy (non-hydrogen) atoms. The normalized spacial score (nSPS) is 16.1. The molecule has 1 atom stereocenters. The lowest BCUT2D eigenvalue weighted by atomic mass is 10.2. The van der Waals surface area contributed by atoms with Crippen molar-refractivity contribution in [3.8, 4) is 5.75 Å². The third kappa shape index (κ3) is 5.74. The maximum Gasteiger partial charge on any atom is 0.244 e. The molecule has 0 saturated carbocycles. The molecule has 1 aliphatic heterocycles. The Bertz CT molecular complexity index is 941. The van der Waals surface area contributed by atoms with Gasteiger partial charge in [-0.2, -0.15) is 4.31 Å². The highest BCUT2D eigenvalue weighted by Gasteiger charge is 2.26. The number of ether oxygens (including phenoxy) is 1. The lowest BCUT2D eigenvalue weighted by Gasteiger charge is -2.25. The minimum Gasteiger partial charge on any atom is -0.497 e. The number of carbonyl (C=O) groups is 1. The first-order valence-corrected chi connectivity index (χ1v) is 12.3. The Kier molecular flexibility index (Phi) is 7.74. The highest BCUT2D eigenvalue weighted by molar-refractivity contribution is 8.00. The van der Waals surface area contributed by atoms with Crippen LogP contribution in [-0.2, 0) is 21.4 Å². The van der Waals surface area contributed by atoms with E-state index in [4.69, 9.17) is 4.74 Å². The van der Waals surface area contributed by atoms with Gasteiger partial charge in [-0.3, -0.25) is 4.79 Å². The Morgan fingerprint density at radius 1 is 1.17 bits per heavy atom. The van der Waals surface area contributed by atoms with Crippen LogP contribution in [0.1, 0.15) is 31.7 Å². The van der Waals surface area contributed by atoms with Crippen LogP contribution in [0.5, 0.6) is 5.75 Å². The molecule has 0 aliphatic carbocycles. The number of benzene rings is 1. The van der Waals surface area contributed by atoms with E-state index in [0.717, 1.165) is 30.6 Å². The lowest BCUT2D eigenvalue weighted by Crippen LogP contribution is -2.35. The number of nitrogens with zero attached hydrogens (tertiary/aromatic N) is 2. The molecule has 0 spiro atoms. The number of aromatic nitrogens is 1. The summed E-state index contributed by atoms with van der Waals surface area (Å²) in [5.41, 5.74) is 0.978. The van der Waals surface area contributed by atoms with Gasteiger partial charge in [-0.15, -0.1) is 0 Å². The zero-order valence-corrected chi connectivity index (χ0v) is 18.8. The molecule has 7 nitrogen and oxygen atoms in total. The molecule has 1 fully saturated rings. The van der Waals surface area contributed by atoms with Crippen LogP contribution in [0, 0.1) is 0 Å². The van der Waals surface area contributed by atoms with Crippen LogP contribution < -0.4 is 10.1 Å². The van der Waals surface area contributed by atoms with Crippen LogP contribution in [-0.4, -0.2) is 49.1 Å². The predicted octanol–water partition coefficient (Wildman–Crippen LogP) is 3.06. The van der Waals surface area contributed by atoms with Gasteiger partial charge in [-0.1, -0.05) is 30.3 Å². The molecule has 9 heteroatoms. The average molecular weight is 450 g/mol. The number of piperidine rings is 1. The van der Waals surface area contributed by atoms with Crippen LogP contribution in [0.3, 0.4) is 0 Å². The van der Waals surface area contributed by atoms with Gasteiger partial charge < -0.3 is 10.1 Å². The summed E-state index contributed by atoms with van der Waals surface area (Å²) in [5.74, 6) is 0.661. The van der Waals surface area contributed by atoms with Crippen molar-refractivity contribution in [2.45, 2.75) is 47.9 Å². The van der Waals surface area contributed by atoms with E-state index in [0.29, 0.717) is 24.7 Å². The van der Waals surface area contributed by atoms with Crippen LogP contribution in [0.4, 0.5) is 0 Å². The highest BCUT2D eigenvalue weighted by Crippen LogP contribution is 2.25. The highest BCUT2D eigenvalue weighted by atomic mass is 32.2. The molecule has 1 aliphatic rings. The summed E-state index contributed by atoms with van der Waals surface area (Å²) in [6.07, 6.45) is 4.24. The third-order valence-corrected chi connectivity index (χ3v) is 7.89. The van der Waals surface area contributed by atoms with E-state index >= 15 is 0 Å². The van der Waals surface area contributed by atoms with Gasteiger partial charge in [-0.05, 0) is 49.6 Å². The van der Waals surface area contributed by atoms with Crippen molar-refractivity contribution in [2.75, 3.05) is 20.2 Å². The largest absolute Gasteiger partial charge is 0.497 e. The van der Waals surface area contributed by atoms with E-state index in [9.17, 15) is 13.2 Å². The average Bonchev–Trinajstić information content (AvgIpc) is 2.78. The van der Waals surface area contributed by atoms with Gasteiger partial charge in [0.25, 0.3) is 0 Å². The molecule has 1 unspecified atom stereocenters. The first-order chi connectivity index (χ1) is 14.4. The SMILES string of the molecule is COc1ccc(CNC(=O)C(C)Sc2ccc(S(=O)(=O)N3CCCCC3)cn2)cc1. The van der Waals surface area contributed by atoms with Gasteiger partial charge in [0.05, 0.1) is 17.4 Å². The summed E-state index contributed by atoms with van der Waals surface area (Å²) in [4.78, 5) is 16.9. The van der Waals surface area contributed by atoms with E-state index in [1.165, 1.54) is 22.3 Å². The smallest absolute Gasteiger partial charge is 0.244 e. The zero-order chi connectivity index (χ0) is 21.6. The summed E-state index contributed by atoms with van der Waals surface area (Å²) in [6, 6.07) is 10.7. The second kappa shape index (κ2) is 10.3. The van der Waals surface area contributed by atoms with Crippen LogP contribution in [0.2, 0.25) is 0 Å². The van der Waals surface area contributed by atoms with Crippen molar-refractivity contribution >= 4 is 27.7 Å². The Labute approximate surface area is 182 Å². The van der Waals surface area contributed by atoms with E-state index in [-0.39, 0.29) is 16.1 Å². The van der Waals surface area contributed by atoms with E-state index in [1.54, 1.807) is 26.2 Å². The minimum atomic E-state index is -3.49. The number of hydrogen-bond acceptors (Lipinski definition) is 6. The van der Waals surface area contributed by atoms with Crippen molar-refractivity contribution in [3.63, 3.8) is 0 Å². The number of methoxy groups -OCH3 is 1. The second-order valence-electron chi connectivity index (χ2n) is 7.12. The Balaban J connectivity index is 1.54. The molecule has 0 bridgehead atoms. The summed E-state index contributed by atoms with van der Waals surface area (Å²) >= 11 is 1.30. The van der Waals surface area contributed by atoms with E-state index in [1.807, 2.05) is 24.3 Å². The Morgan fingerprint density at radius 3 is 2.47 bits per heavy atom. The topological polar surface area (TPSA) is 88.6 Å². The second-order valence-corrected chi connectivity index (χ2v) is 10.4. The number of amides is 1. The van der Waals surface area contributed by atoms with Crippen LogP contribution >= 0.6 is 11.8 Å². The molecule has 1 aromatic carbocycles. The summed E-state index contributed by atoms with van der Waals surface area (Å²) in [6.45, 7) is 3.34. The van der Waals surface area contributed by atoms with E-state index in [2.05, 4.69) is 10.3 Å². The standard InChI is InChI=1S/C21H27N3O4S2/c1-16(21(25)23-14-17-6-8-18(28-2)9-7-17)29-20-11-10-19(15-22-20)30(26,27)24-12-4-3-5-13-24/h6-11,15-16H,3-5,12-14H2,1-2H3,(H,23,25). The summed E-state index contributed by atoms with van der Waals surface area (Å²) in [7, 11) is -1.88. The minimum absolute atomic E-state index is 0.109. The van der Waals surface area contributed by atoms with Gasteiger partial charge >= 0.3 is 0 Å². The van der Waals surface area contributed by atoms with Crippen molar-refractivity contribution in [1.29, 1.82) is 0 Å². The molecule has 162 valence electrons. The fourth-order valence-electron chi connectivity index (χ4n) is 3.15. The molecular weight excluding hydrogens is 422 g/mol. The van der Waals surface area contributed by atoms with Gasteiger partial charge in [0.1, 0.15) is 10.6 Å². The van der Waals surface area contributed by atoms with Crippen molar-refractivity contribution in [3.05, 3.63) is 48.2 Å². The maximum absolute atomic E-state index is 12.7. The molecule has 1 aromatic heterocycles. The molecule has 1 N–H and O–H groups in total. The van der Waals surface area contributed by atoms with Gasteiger partial charge in [0, 0.05) is 25.8 Å². The molecule has 1 saturated heterocycles. The van der Waals surface area contributed by atoms with Gasteiger partial charge in [-0.25, -0.2) is 13.4 Å². The first kappa shape index (κ1) is 22.6. The van der Waals surface area contributed by atoms with Crippen LogP contribution in [0.15, 0.2) is 52.5 Å². The van der Waals surface area contributed by atoms with Gasteiger partial charge in [0.15, 0.2) is 0 Å². The lowest BCUT2D eigenvalue weighted by molar-refractivity contribution is -0.120. The third-order valence-electron chi connectivity index (χ3n) is 4.95. The number of pyridine rings is 1. The molecule has 0 radical (unpaired) electrons. The monoisotopic (exact) mass is 449 g/mol. The number of sulfonamides is 1. The number of carbonyl (C=O) groups excluding carboxylic acids is 1. The number of thioether (sulfide) groups is 1. The summed E-state index contributed by atoms with van der Waals surface area (Å²) < 4.78 is 32.0. The van der Waals surface area contributed by atoms with Gasteiger partial charge in [0.2, 0.25) is 15.9 Å². The zero-order valence-electron chi connectivity index (χ0n) is 17.2. The molecular formula is C21H27N3O4S2. The van der Waals surface area contributed by atoms with Crippen molar-refractivity contribution in [1.82, 2.24) is 14.6 Å². The maximum atomic E-state index is 12.7. The molecule has 1 amide bonds. The quantitative estimate of drug-likeness (QED) is 0.623. The Morgan fingerprint density at radius 2 is 1.87 bits per heavy atom. The molecule has 2 heterocycles. The number of rotatable bonds is 8. The fourth-order valence-corrected chi connectivity index (χ4v) is 5.43. The predicted molar refractivity (Wildman–Crippen MR) is 117 cm³/mol.